The van der Waals surface area contributed by atoms with Gasteiger partial charge in [0, 0.05) is 6.07 Å². The van der Waals surface area contributed by atoms with Crippen LogP contribution in [-0.4, -0.2) is 20.4 Å². The van der Waals surface area contributed by atoms with Gasteiger partial charge in [0.05, 0.1) is 10.9 Å². The lowest BCUT2D eigenvalue weighted by Gasteiger charge is -2.01. The second-order valence-corrected chi connectivity index (χ2v) is 3.02. The Morgan fingerprint density at radius 2 is 1.93 bits per heavy atom. The zero-order valence-corrected chi connectivity index (χ0v) is 7.40. The molecule has 0 atom stereocenters. The van der Waals surface area contributed by atoms with E-state index in [1.807, 2.05) is 0 Å². The van der Waals surface area contributed by atoms with Gasteiger partial charge in [0.2, 0.25) is 5.43 Å². The zero-order chi connectivity index (χ0) is 10.3. The Kier molecular flexibility index (Phi) is 1.67. The van der Waals surface area contributed by atoms with Crippen molar-refractivity contribution in [1.29, 1.82) is 0 Å². The number of benzene rings is 1. The summed E-state index contributed by atoms with van der Waals surface area (Å²) >= 11 is 0. The van der Waals surface area contributed by atoms with Gasteiger partial charge in [-0.1, -0.05) is 0 Å². The van der Waals surface area contributed by atoms with Crippen molar-refractivity contribution in [3.63, 3.8) is 0 Å². The minimum absolute atomic E-state index is 0.256. The third-order valence-corrected chi connectivity index (χ3v) is 2.03. The number of aryl methyl sites for hydroxylation is 1. The van der Waals surface area contributed by atoms with Crippen molar-refractivity contribution in [3.05, 3.63) is 28.0 Å². The van der Waals surface area contributed by atoms with Crippen LogP contribution in [0, 0.1) is 6.92 Å². The van der Waals surface area contributed by atoms with Crippen LogP contribution >= 0.6 is 0 Å². The molecule has 14 heavy (non-hydrogen) atoms. The third kappa shape index (κ3) is 1.10. The number of aromatic nitrogens is 2. The molecular formula is C9H8N2O3. The Balaban J connectivity index is 2.97. The summed E-state index contributed by atoms with van der Waals surface area (Å²) in [7, 11) is 0. The number of nitrogens with zero attached hydrogens (tertiary/aromatic N) is 1. The maximum Gasteiger partial charge on any atom is 0.210 e. The Hall–Kier alpha value is -2.04. The first-order valence-corrected chi connectivity index (χ1v) is 4.00. The highest BCUT2D eigenvalue weighted by Gasteiger charge is 2.07. The number of phenolic OH excluding ortho intramolecular Hbond substituents is 2. The summed E-state index contributed by atoms with van der Waals surface area (Å²) in [5.74, 6) is -0.590. The molecule has 0 saturated heterocycles. The van der Waals surface area contributed by atoms with Crippen LogP contribution in [0.3, 0.4) is 0 Å². The second-order valence-electron chi connectivity index (χ2n) is 3.02. The zero-order valence-electron chi connectivity index (χ0n) is 7.40. The minimum atomic E-state index is -0.311. The van der Waals surface area contributed by atoms with Gasteiger partial charge in [-0.05, 0) is 13.0 Å². The monoisotopic (exact) mass is 192 g/mol. The van der Waals surface area contributed by atoms with E-state index < -0.39 is 0 Å². The SMILES string of the molecule is Cc1n[nH]c2cc(O)c(O)cc2c1=O. The maximum absolute atomic E-state index is 11.5. The van der Waals surface area contributed by atoms with Gasteiger partial charge in [-0.25, -0.2) is 0 Å². The molecule has 5 heteroatoms. The number of fused-ring (bicyclic) bond motifs is 1. The fourth-order valence-electron chi connectivity index (χ4n) is 1.25. The van der Waals surface area contributed by atoms with Gasteiger partial charge in [-0.3, -0.25) is 9.89 Å². The Labute approximate surface area is 78.6 Å². The number of H-pyrrole nitrogens is 1. The number of hydrogen-bond donors (Lipinski definition) is 3. The van der Waals surface area contributed by atoms with Crippen LogP contribution in [0.5, 0.6) is 11.5 Å². The highest BCUT2D eigenvalue weighted by molar-refractivity contribution is 5.81. The van der Waals surface area contributed by atoms with Crippen molar-refractivity contribution in [2.75, 3.05) is 0 Å². The highest BCUT2D eigenvalue weighted by Crippen LogP contribution is 2.27. The van der Waals surface area contributed by atoms with Gasteiger partial charge in [-0.2, -0.15) is 5.10 Å². The van der Waals surface area contributed by atoms with Gasteiger partial charge in [0.25, 0.3) is 0 Å². The van der Waals surface area contributed by atoms with Crippen LogP contribution in [0.1, 0.15) is 5.69 Å². The Morgan fingerprint density at radius 3 is 2.64 bits per heavy atom. The smallest absolute Gasteiger partial charge is 0.210 e. The molecule has 0 aliphatic carbocycles. The largest absolute Gasteiger partial charge is 0.504 e. The molecule has 2 aromatic rings. The predicted molar refractivity (Wildman–Crippen MR) is 50.4 cm³/mol. The molecular weight excluding hydrogens is 184 g/mol. The maximum atomic E-state index is 11.5. The van der Waals surface area contributed by atoms with Crippen molar-refractivity contribution in [1.82, 2.24) is 10.2 Å². The van der Waals surface area contributed by atoms with Gasteiger partial charge in [0.15, 0.2) is 11.5 Å². The normalized spacial score (nSPS) is 10.6. The van der Waals surface area contributed by atoms with Crippen molar-refractivity contribution in [2.24, 2.45) is 0 Å². The summed E-state index contributed by atoms with van der Waals surface area (Å²) in [6.45, 7) is 1.57. The molecule has 3 N–H and O–H groups in total. The van der Waals surface area contributed by atoms with Crippen LogP contribution < -0.4 is 5.43 Å². The Morgan fingerprint density at radius 1 is 1.29 bits per heavy atom. The lowest BCUT2D eigenvalue weighted by Crippen LogP contribution is -2.09. The summed E-state index contributed by atoms with van der Waals surface area (Å²) in [6.07, 6.45) is 0. The lowest BCUT2D eigenvalue weighted by atomic mass is 10.2. The average Bonchev–Trinajstić information content (AvgIpc) is 2.15. The Bertz CT molecular complexity index is 560. The number of aromatic hydroxyl groups is 2. The molecule has 0 fully saturated rings. The molecule has 1 aromatic heterocycles. The molecule has 72 valence electrons. The first-order valence-electron chi connectivity index (χ1n) is 4.00. The van der Waals surface area contributed by atoms with Crippen molar-refractivity contribution in [3.8, 4) is 11.5 Å². The first-order chi connectivity index (χ1) is 6.59. The van der Waals surface area contributed by atoms with E-state index >= 15 is 0 Å². The molecule has 5 nitrogen and oxygen atoms in total. The van der Waals surface area contributed by atoms with Crippen LogP contribution in [0.4, 0.5) is 0 Å². The predicted octanol–water partition coefficient (Wildman–Crippen LogP) is 0.643. The van der Waals surface area contributed by atoms with E-state index in [0.717, 1.165) is 0 Å². The quantitative estimate of drug-likeness (QED) is 0.534. The molecule has 0 unspecified atom stereocenters. The summed E-state index contributed by atoms with van der Waals surface area (Å²) in [4.78, 5) is 11.5. The van der Waals surface area contributed by atoms with Gasteiger partial charge >= 0.3 is 0 Å². The summed E-state index contributed by atoms with van der Waals surface area (Å²) in [5, 5.41) is 25.1. The van der Waals surface area contributed by atoms with E-state index in [-0.39, 0.29) is 16.9 Å². The topological polar surface area (TPSA) is 86.2 Å². The third-order valence-electron chi connectivity index (χ3n) is 2.03. The first kappa shape index (κ1) is 8.55. The standard InChI is InChI=1S/C9H8N2O3/c1-4-9(14)5-2-7(12)8(13)3-6(5)11-10-4/h2-3,12-13H,1H3,(H,11,14). The van der Waals surface area contributed by atoms with Crippen molar-refractivity contribution < 1.29 is 10.2 Å². The fraction of sp³-hybridized carbons (Fsp3) is 0.111. The lowest BCUT2D eigenvalue weighted by molar-refractivity contribution is 0.404. The average molecular weight is 192 g/mol. The molecule has 0 amide bonds. The van der Waals surface area contributed by atoms with Crippen molar-refractivity contribution >= 4 is 10.9 Å². The van der Waals surface area contributed by atoms with E-state index in [1.165, 1.54) is 12.1 Å². The number of nitrogens with one attached hydrogen (secondary N) is 1. The van der Waals surface area contributed by atoms with Crippen LogP contribution in [-0.2, 0) is 0 Å². The molecule has 2 rings (SSSR count). The fourth-order valence-corrected chi connectivity index (χ4v) is 1.25. The molecule has 0 aliphatic heterocycles. The molecule has 0 radical (unpaired) electrons. The van der Waals surface area contributed by atoms with E-state index in [9.17, 15) is 15.0 Å². The van der Waals surface area contributed by atoms with E-state index in [0.29, 0.717) is 16.6 Å². The molecule has 0 saturated carbocycles. The van der Waals surface area contributed by atoms with Crippen LogP contribution in [0.15, 0.2) is 16.9 Å². The molecule has 0 aliphatic rings. The van der Waals surface area contributed by atoms with Gasteiger partial charge < -0.3 is 10.2 Å². The molecule has 1 aromatic carbocycles. The number of phenols is 2. The summed E-state index contributed by atoms with van der Waals surface area (Å²) in [5.41, 5.74) is 0.465. The van der Waals surface area contributed by atoms with E-state index in [4.69, 9.17) is 0 Å². The second kappa shape index (κ2) is 2.73. The van der Waals surface area contributed by atoms with E-state index in [2.05, 4.69) is 10.2 Å². The minimum Gasteiger partial charge on any atom is -0.504 e. The van der Waals surface area contributed by atoms with Crippen LogP contribution in [0.2, 0.25) is 0 Å². The number of aromatic amines is 1. The molecule has 0 bridgehead atoms. The number of rotatable bonds is 0. The highest BCUT2D eigenvalue weighted by atomic mass is 16.3. The van der Waals surface area contributed by atoms with E-state index in [1.54, 1.807) is 6.92 Å². The summed E-state index contributed by atoms with van der Waals surface area (Å²) < 4.78 is 0. The van der Waals surface area contributed by atoms with Crippen LogP contribution in [0.25, 0.3) is 10.9 Å². The van der Waals surface area contributed by atoms with Gasteiger partial charge in [-0.15, -0.1) is 0 Å². The number of hydrogen-bond acceptors (Lipinski definition) is 4. The van der Waals surface area contributed by atoms with Gasteiger partial charge in [0.1, 0.15) is 5.69 Å². The molecule has 1 heterocycles. The molecule has 0 spiro atoms. The van der Waals surface area contributed by atoms with Crippen molar-refractivity contribution in [2.45, 2.75) is 6.92 Å². The summed E-state index contributed by atoms with van der Waals surface area (Å²) in [6, 6.07) is 2.48.